The van der Waals surface area contributed by atoms with Gasteiger partial charge in [-0.1, -0.05) is 57.5 Å². The van der Waals surface area contributed by atoms with Crippen LogP contribution in [0.15, 0.2) is 47.3 Å². The number of cyclic esters (lactones) is 1. The van der Waals surface area contributed by atoms with Gasteiger partial charge in [-0.05, 0) is 80.2 Å². The largest absolute Gasteiger partial charge is 0.458 e. The van der Waals surface area contributed by atoms with Crippen molar-refractivity contribution in [1.29, 1.82) is 0 Å². The second-order valence-electron chi connectivity index (χ2n) is 20.6. The monoisotopic (exact) mass is 1140 g/mol. The summed E-state index contributed by atoms with van der Waals surface area (Å²) in [6.45, 7) is 5.07. The second kappa shape index (κ2) is 26.3. The van der Waals surface area contributed by atoms with Crippen LogP contribution in [0.2, 0.25) is 0 Å². The highest BCUT2D eigenvalue weighted by Gasteiger charge is 2.46. The number of rotatable bonds is 26. The fourth-order valence-corrected chi connectivity index (χ4v) is 12.1. The average molecular weight is 1140 g/mol. The van der Waals surface area contributed by atoms with Crippen molar-refractivity contribution < 1.29 is 62.1 Å². The SMILES string of the molecule is CCC(CC)SC1CC(=O)N(CCCCCC(=O)NCC(=O)NCC(=O)N[C@@H](Cc2ccccc2)C(=O)NCC(=O)NCOCC(=O)N[C@H]2CCc3c(C)c(F)cc4nc5c(c2c34)Cn2c-5cc3c(c2=O)COC(=O)[C@]3(O)CC)C1=O. The number of hydrogen-bond acceptors (Lipinski definition) is 15. The first-order chi connectivity index (χ1) is 38.8. The van der Waals surface area contributed by atoms with Gasteiger partial charge in [-0.25, -0.2) is 14.2 Å². The van der Waals surface area contributed by atoms with Crippen LogP contribution in [0.25, 0.3) is 22.3 Å². The number of aryl methyl sites for hydroxylation is 1. The topological polar surface area (TPSA) is 303 Å². The zero-order chi connectivity index (χ0) is 58.1. The molecule has 2 aromatic heterocycles. The van der Waals surface area contributed by atoms with Crippen LogP contribution in [0.3, 0.4) is 0 Å². The van der Waals surface area contributed by atoms with Crippen molar-refractivity contribution in [2.45, 2.75) is 140 Å². The van der Waals surface area contributed by atoms with E-state index in [1.54, 1.807) is 62.0 Å². The lowest BCUT2D eigenvalue weighted by Gasteiger charge is -2.31. The Morgan fingerprint density at radius 2 is 1.59 bits per heavy atom. The number of halogens is 1. The Morgan fingerprint density at radius 3 is 2.33 bits per heavy atom. The lowest BCUT2D eigenvalue weighted by atomic mass is 9.81. The van der Waals surface area contributed by atoms with E-state index in [2.05, 4.69) is 45.7 Å². The number of pyridine rings is 2. The van der Waals surface area contributed by atoms with Gasteiger partial charge in [0.15, 0.2) is 5.60 Å². The molecule has 22 nitrogen and oxygen atoms in total. The van der Waals surface area contributed by atoms with Crippen LogP contribution >= 0.6 is 11.8 Å². The summed E-state index contributed by atoms with van der Waals surface area (Å²) in [6.07, 6.45) is 4.54. The molecular formula is C57H68FN9O13S. The summed E-state index contributed by atoms with van der Waals surface area (Å²) in [7, 11) is 0. The number of carbonyl (C=O) groups is 9. The number of esters is 1. The number of ether oxygens (including phenoxy) is 2. The summed E-state index contributed by atoms with van der Waals surface area (Å²) in [5.41, 5.74) is 1.85. The molecule has 7 N–H and O–H groups in total. The van der Waals surface area contributed by atoms with Crippen LogP contribution in [-0.4, -0.2) is 129 Å². The zero-order valence-corrected chi connectivity index (χ0v) is 46.6. The highest BCUT2D eigenvalue weighted by Crippen LogP contribution is 2.46. The first-order valence-corrected chi connectivity index (χ1v) is 28.4. The van der Waals surface area contributed by atoms with E-state index in [1.165, 1.54) is 15.5 Å². The quantitative estimate of drug-likeness (QED) is 0.0181. The Balaban J connectivity index is 0.775. The van der Waals surface area contributed by atoms with E-state index < -0.39 is 97.5 Å². The van der Waals surface area contributed by atoms with Gasteiger partial charge in [0.25, 0.3) is 5.56 Å². The fourth-order valence-electron chi connectivity index (χ4n) is 10.8. The van der Waals surface area contributed by atoms with E-state index in [0.717, 1.165) is 18.4 Å². The molecule has 8 amide bonds. The Kier molecular flexibility index (Phi) is 19.4. The van der Waals surface area contributed by atoms with Gasteiger partial charge in [-0.2, -0.15) is 0 Å². The van der Waals surface area contributed by atoms with Crippen LogP contribution in [-0.2, 0) is 84.2 Å². The number of hydrogen-bond donors (Lipinski definition) is 7. The molecule has 1 unspecified atom stereocenters. The molecule has 432 valence electrons. The van der Waals surface area contributed by atoms with Crippen molar-refractivity contribution in [3.05, 3.63) is 97.6 Å². The molecule has 0 radical (unpaired) electrons. The molecule has 0 bridgehead atoms. The highest BCUT2D eigenvalue weighted by molar-refractivity contribution is 8.01. The molecule has 1 aliphatic carbocycles. The van der Waals surface area contributed by atoms with Crippen LogP contribution < -0.4 is 37.5 Å². The maximum atomic E-state index is 15.4. The van der Waals surface area contributed by atoms with Crippen LogP contribution in [0.1, 0.15) is 124 Å². The predicted molar refractivity (Wildman–Crippen MR) is 294 cm³/mol. The maximum Gasteiger partial charge on any atom is 0.343 e. The molecule has 4 aliphatic rings. The number of fused-ring (bicyclic) bond motifs is 5. The van der Waals surface area contributed by atoms with Gasteiger partial charge in [0.05, 0.1) is 59.9 Å². The van der Waals surface area contributed by atoms with Gasteiger partial charge in [0.2, 0.25) is 47.3 Å². The molecule has 4 aromatic rings. The van der Waals surface area contributed by atoms with E-state index in [4.69, 9.17) is 14.5 Å². The van der Waals surface area contributed by atoms with Gasteiger partial charge < -0.3 is 51.0 Å². The summed E-state index contributed by atoms with van der Waals surface area (Å²) in [5, 5.41) is 27.5. The van der Waals surface area contributed by atoms with E-state index in [0.29, 0.717) is 88.4 Å². The van der Waals surface area contributed by atoms with E-state index >= 15 is 4.39 Å². The van der Waals surface area contributed by atoms with Crippen molar-refractivity contribution in [3.8, 4) is 11.4 Å². The first-order valence-electron chi connectivity index (χ1n) is 27.4. The smallest absolute Gasteiger partial charge is 0.343 e. The fraction of sp³-hybridized carbons (Fsp3) is 0.491. The highest BCUT2D eigenvalue weighted by atomic mass is 32.2. The van der Waals surface area contributed by atoms with Crippen LogP contribution in [0.5, 0.6) is 0 Å². The summed E-state index contributed by atoms with van der Waals surface area (Å²) in [4.78, 5) is 136. The second-order valence-corrected chi connectivity index (χ2v) is 22.1. The normalized spacial score (nSPS) is 18.2. The molecule has 1 fully saturated rings. The standard InChI is InChI=1S/C57H68FN9O13S/c1-5-33(6-2)81-43-23-49(73)66(55(43)76)19-13-9-12-16-44(68)59-24-45(69)60-26-47(71)64-41(20-32-14-10-8-11-15-32)53(74)61-25-46(70)62-30-79-29-48(72)63-39-18-17-34-31(4)38(58)22-40-50(34)51(39)35-27-67-42(52(35)65-40)21-37-36(54(67)75)28-80-56(77)57(37,78)7-3/h8,10-11,14-15,21-22,33,39,41,43,78H,5-7,9,12-13,16-20,23-30H2,1-4H3,(H,59,68)(H,60,69)(H,61,74)(H,62,70)(H,63,72)(H,64,71)/t39-,41-,43?,57-/m0/s1. The lowest BCUT2D eigenvalue weighted by molar-refractivity contribution is -0.172. The zero-order valence-electron chi connectivity index (χ0n) is 45.8. The van der Waals surface area contributed by atoms with Gasteiger partial charge in [-0.3, -0.25) is 48.1 Å². The van der Waals surface area contributed by atoms with E-state index in [9.17, 15) is 53.1 Å². The molecule has 4 atom stereocenters. The summed E-state index contributed by atoms with van der Waals surface area (Å²) in [5.74, 6) is -5.34. The molecular weight excluding hydrogens is 1070 g/mol. The molecule has 5 heterocycles. The molecule has 81 heavy (non-hydrogen) atoms. The molecule has 8 rings (SSSR count). The van der Waals surface area contributed by atoms with Crippen LogP contribution in [0, 0.1) is 12.7 Å². The molecule has 3 aliphatic heterocycles. The van der Waals surface area contributed by atoms with Gasteiger partial charge >= 0.3 is 5.97 Å². The number of likely N-dealkylation sites (tertiary alicyclic amines) is 1. The molecule has 0 spiro atoms. The Hall–Kier alpha value is -7.57. The third-order valence-corrected chi connectivity index (χ3v) is 17.1. The van der Waals surface area contributed by atoms with Crippen molar-refractivity contribution in [1.82, 2.24) is 46.4 Å². The summed E-state index contributed by atoms with van der Waals surface area (Å²) >= 11 is 1.56. The Bertz CT molecular complexity index is 3210. The van der Waals surface area contributed by atoms with Crippen molar-refractivity contribution >= 4 is 75.9 Å². The van der Waals surface area contributed by atoms with E-state index in [1.807, 2.05) is 0 Å². The number of imide groups is 1. The van der Waals surface area contributed by atoms with Crippen molar-refractivity contribution in [2.24, 2.45) is 0 Å². The predicted octanol–water partition coefficient (Wildman–Crippen LogP) is 2.41. The molecule has 0 saturated carbocycles. The molecule has 2 aromatic carbocycles. The third kappa shape index (κ3) is 13.5. The number of carbonyl (C=O) groups excluding carboxylic acids is 9. The Labute approximate surface area is 470 Å². The van der Waals surface area contributed by atoms with Crippen molar-refractivity contribution in [2.75, 3.05) is 39.5 Å². The molecule has 1 saturated heterocycles. The Morgan fingerprint density at radius 1 is 0.877 bits per heavy atom. The number of nitrogens with zero attached hydrogens (tertiary/aromatic N) is 3. The maximum absolute atomic E-state index is 15.4. The van der Waals surface area contributed by atoms with Gasteiger partial charge in [0, 0.05) is 53.6 Å². The first kappa shape index (κ1) is 59.5. The number of aliphatic hydroxyl groups is 1. The molecule has 24 heteroatoms. The third-order valence-electron chi connectivity index (χ3n) is 15.3. The number of benzene rings is 2. The minimum Gasteiger partial charge on any atom is -0.458 e. The average Bonchev–Trinajstić information content (AvgIpc) is 4.13. The number of unbranched alkanes of at least 4 members (excludes halogenated alkanes) is 2. The van der Waals surface area contributed by atoms with Gasteiger partial charge in [0.1, 0.15) is 31.8 Å². The number of nitrogens with one attached hydrogen (secondary N) is 6. The minimum atomic E-state index is -2.05. The van der Waals surface area contributed by atoms with Crippen molar-refractivity contribution in [3.63, 3.8) is 0 Å². The minimum absolute atomic E-state index is 0.0376. The summed E-state index contributed by atoms with van der Waals surface area (Å²) < 4.78 is 27.6. The van der Waals surface area contributed by atoms with Crippen LogP contribution in [0.4, 0.5) is 4.39 Å². The summed E-state index contributed by atoms with van der Waals surface area (Å²) in [6, 6.07) is 9.86. The number of thioether (sulfide) groups is 1. The number of aromatic nitrogens is 2. The van der Waals surface area contributed by atoms with E-state index in [-0.39, 0.29) is 72.9 Å². The van der Waals surface area contributed by atoms with Gasteiger partial charge in [-0.15, -0.1) is 11.8 Å². The lowest BCUT2D eigenvalue weighted by Crippen LogP contribution is -2.52. The number of amides is 8.